The second kappa shape index (κ2) is 3.28. The van der Waals surface area contributed by atoms with Gasteiger partial charge in [0.2, 0.25) is 0 Å². The summed E-state index contributed by atoms with van der Waals surface area (Å²) in [5, 5.41) is 9.14. The Morgan fingerprint density at radius 1 is 1.55 bits per heavy atom. The number of nitriles is 1. The van der Waals surface area contributed by atoms with Crippen molar-refractivity contribution in [2.45, 2.75) is 0 Å². The minimum absolute atomic E-state index is 0.459. The highest BCUT2D eigenvalue weighted by atomic mass is 127. The summed E-state index contributed by atoms with van der Waals surface area (Å²) in [4.78, 5) is 0. The third-order valence-electron chi connectivity index (χ3n) is 1.25. The Balaban J connectivity index is 3.40. The van der Waals surface area contributed by atoms with Crippen molar-refractivity contribution in [2.75, 3.05) is 5.73 Å². The highest BCUT2D eigenvalue weighted by Crippen LogP contribution is 2.26. The van der Waals surface area contributed by atoms with Gasteiger partial charge in [-0.2, -0.15) is 5.26 Å². The van der Waals surface area contributed by atoms with E-state index >= 15 is 0 Å². The highest BCUT2D eigenvalue weighted by molar-refractivity contribution is 14.1. The fourth-order valence-corrected chi connectivity index (χ4v) is 1.30. The summed E-state index contributed by atoms with van der Waals surface area (Å²) >= 11 is 7.76. The molecule has 1 aromatic carbocycles. The zero-order chi connectivity index (χ0) is 8.43. The highest BCUT2D eigenvalue weighted by Gasteiger charge is 2.05. The Labute approximate surface area is 83.1 Å². The molecule has 0 fully saturated rings. The molecule has 0 unspecified atom stereocenters. The summed E-state index contributed by atoms with van der Waals surface area (Å²) in [6.45, 7) is 0. The number of nitrogens with zero attached hydrogens (tertiary/aromatic N) is 1. The van der Waals surface area contributed by atoms with E-state index in [1.165, 1.54) is 0 Å². The van der Waals surface area contributed by atoms with Gasteiger partial charge in [0, 0.05) is 0 Å². The van der Waals surface area contributed by atoms with E-state index in [2.05, 4.69) is 0 Å². The molecule has 2 nitrogen and oxygen atoms in total. The maximum atomic E-state index is 8.56. The smallest absolute Gasteiger partial charge is 0.101 e. The third kappa shape index (κ3) is 1.57. The molecule has 56 valence electrons. The Hall–Kier alpha value is -0.470. The SMILES string of the molecule is N#Cc1ccc(Cl)c(I)c1N. The van der Waals surface area contributed by atoms with Crippen LogP contribution in [-0.2, 0) is 0 Å². The van der Waals surface area contributed by atoms with Crippen molar-refractivity contribution in [1.29, 1.82) is 5.26 Å². The molecule has 0 heterocycles. The number of nitrogens with two attached hydrogens (primary N) is 1. The molecule has 0 atom stereocenters. The molecule has 0 saturated heterocycles. The van der Waals surface area contributed by atoms with E-state index < -0.39 is 0 Å². The number of benzene rings is 1. The maximum absolute atomic E-state index is 8.56. The number of halogens is 2. The molecule has 0 aliphatic heterocycles. The molecular weight excluding hydrogens is 274 g/mol. The minimum atomic E-state index is 0.459. The van der Waals surface area contributed by atoms with Gasteiger partial charge in [-0.1, -0.05) is 11.6 Å². The summed E-state index contributed by atoms with van der Waals surface area (Å²) in [5.41, 5.74) is 6.51. The van der Waals surface area contributed by atoms with Crippen molar-refractivity contribution in [3.8, 4) is 6.07 Å². The summed E-state index contributed by atoms with van der Waals surface area (Å²) in [7, 11) is 0. The zero-order valence-corrected chi connectivity index (χ0v) is 8.35. The first-order chi connectivity index (χ1) is 5.16. The Morgan fingerprint density at radius 2 is 2.18 bits per heavy atom. The van der Waals surface area contributed by atoms with Gasteiger partial charge in [-0.25, -0.2) is 0 Å². The van der Waals surface area contributed by atoms with Crippen molar-refractivity contribution in [2.24, 2.45) is 0 Å². The molecule has 0 amide bonds. The number of nitrogen functional groups attached to an aromatic ring is 1. The molecule has 4 heteroatoms. The van der Waals surface area contributed by atoms with Crippen LogP contribution < -0.4 is 5.73 Å². The lowest BCUT2D eigenvalue weighted by Gasteiger charge is -2.01. The Morgan fingerprint density at radius 3 is 2.73 bits per heavy atom. The molecule has 0 radical (unpaired) electrons. The topological polar surface area (TPSA) is 49.8 Å². The molecule has 0 aliphatic carbocycles. The second-order valence-electron chi connectivity index (χ2n) is 1.93. The Bertz CT molecular complexity index is 330. The van der Waals surface area contributed by atoms with Crippen molar-refractivity contribution in [1.82, 2.24) is 0 Å². The van der Waals surface area contributed by atoms with E-state index in [-0.39, 0.29) is 0 Å². The summed E-state index contributed by atoms with van der Waals surface area (Å²) in [6, 6.07) is 5.25. The van der Waals surface area contributed by atoms with E-state index in [0.717, 1.165) is 3.57 Å². The number of rotatable bonds is 0. The zero-order valence-electron chi connectivity index (χ0n) is 5.44. The van der Waals surface area contributed by atoms with Crippen LogP contribution in [0.15, 0.2) is 12.1 Å². The Kier molecular flexibility index (Phi) is 2.58. The van der Waals surface area contributed by atoms with Crippen molar-refractivity contribution in [3.05, 3.63) is 26.3 Å². The molecule has 0 aliphatic rings. The first kappa shape index (κ1) is 8.62. The molecule has 1 aromatic rings. The number of anilines is 1. The minimum Gasteiger partial charge on any atom is -0.397 e. The van der Waals surface area contributed by atoms with Crippen molar-refractivity contribution < 1.29 is 0 Å². The number of hydrogen-bond acceptors (Lipinski definition) is 2. The van der Waals surface area contributed by atoms with Gasteiger partial charge in [0.25, 0.3) is 0 Å². The van der Waals surface area contributed by atoms with Gasteiger partial charge in [-0.3, -0.25) is 0 Å². The lowest BCUT2D eigenvalue weighted by atomic mass is 10.2. The largest absolute Gasteiger partial charge is 0.397 e. The first-order valence-electron chi connectivity index (χ1n) is 2.80. The summed E-state index contributed by atoms with van der Waals surface area (Å²) in [5.74, 6) is 0. The average Bonchev–Trinajstić information content (AvgIpc) is 2.01. The molecule has 0 bridgehead atoms. The van der Waals surface area contributed by atoms with E-state index in [9.17, 15) is 0 Å². The molecule has 0 saturated carbocycles. The van der Waals surface area contributed by atoms with Crippen LogP contribution in [0.25, 0.3) is 0 Å². The first-order valence-corrected chi connectivity index (χ1v) is 4.26. The van der Waals surface area contributed by atoms with Gasteiger partial charge in [-0.05, 0) is 34.7 Å². The predicted octanol–water partition coefficient (Wildman–Crippen LogP) is 2.40. The van der Waals surface area contributed by atoms with Crippen molar-refractivity contribution in [3.63, 3.8) is 0 Å². The van der Waals surface area contributed by atoms with Crippen LogP contribution in [-0.4, -0.2) is 0 Å². The van der Waals surface area contributed by atoms with E-state index in [4.69, 9.17) is 22.6 Å². The average molecular weight is 278 g/mol. The van der Waals surface area contributed by atoms with Crippen LogP contribution >= 0.6 is 34.2 Å². The maximum Gasteiger partial charge on any atom is 0.101 e. The lowest BCUT2D eigenvalue weighted by molar-refractivity contribution is 1.47. The van der Waals surface area contributed by atoms with Gasteiger partial charge in [0.15, 0.2) is 0 Å². The van der Waals surface area contributed by atoms with Crippen molar-refractivity contribution >= 4 is 39.9 Å². The van der Waals surface area contributed by atoms with E-state index in [0.29, 0.717) is 16.3 Å². The summed E-state index contributed by atoms with van der Waals surface area (Å²) in [6.07, 6.45) is 0. The van der Waals surface area contributed by atoms with Gasteiger partial charge in [0.1, 0.15) is 6.07 Å². The molecule has 11 heavy (non-hydrogen) atoms. The molecule has 0 spiro atoms. The van der Waals surface area contributed by atoms with Gasteiger partial charge < -0.3 is 5.73 Å². The standard InChI is InChI=1S/C7H4ClIN2/c8-5-2-1-4(3-10)7(11)6(5)9/h1-2H,11H2. The fraction of sp³-hybridized carbons (Fsp3) is 0. The summed E-state index contributed by atoms with van der Waals surface area (Å²) < 4.78 is 0.739. The van der Waals surface area contributed by atoms with Gasteiger partial charge in [0.05, 0.1) is 19.8 Å². The number of hydrogen-bond donors (Lipinski definition) is 1. The van der Waals surface area contributed by atoms with Gasteiger partial charge in [-0.15, -0.1) is 0 Å². The van der Waals surface area contributed by atoms with Crippen LogP contribution in [0.3, 0.4) is 0 Å². The quantitative estimate of drug-likeness (QED) is 0.585. The van der Waals surface area contributed by atoms with Crippen LogP contribution in [0.2, 0.25) is 5.02 Å². The van der Waals surface area contributed by atoms with E-state index in [1.54, 1.807) is 12.1 Å². The fourth-order valence-electron chi connectivity index (χ4n) is 0.664. The molecular formula is C7H4ClIN2. The van der Waals surface area contributed by atoms with Crippen LogP contribution in [0.1, 0.15) is 5.56 Å². The normalized spacial score (nSPS) is 9.18. The van der Waals surface area contributed by atoms with Crippen LogP contribution in [0, 0.1) is 14.9 Å². The monoisotopic (exact) mass is 278 g/mol. The lowest BCUT2D eigenvalue weighted by Crippen LogP contribution is -1.93. The van der Waals surface area contributed by atoms with Crippen LogP contribution in [0.4, 0.5) is 5.69 Å². The predicted molar refractivity (Wildman–Crippen MR) is 53.3 cm³/mol. The third-order valence-corrected chi connectivity index (χ3v) is 3.05. The van der Waals surface area contributed by atoms with E-state index in [1.807, 2.05) is 28.7 Å². The van der Waals surface area contributed by atoms with Gasteiger partial charge >= 0.3 is 0 Å². The molecule has 0 aromatic heterocycles. The molecule has 1 rings (SSSR count). The molecule has 2 N–H and O–H groups in total. The van der Waals surface area contributed by atoms with Crippen LogP contribution in [0.5, 0.6) is 0 Å². The second-order valence-corrected chi connectivity index (χ2v) is 3.42.